The second-order valence-electron chi connectivity index (χ2n) is 7.00. The average Bonchev–Trinajstić information content (AvgIpc) is 3.34. The van der Waals surface area contributed by atoms with E-state index >= 15 is 0 Å². The average molecular weight is 486 g/mol. The summed E-state index contributed by atoms with van der Waals surface area (Å²) in [7, 11) is 1.24. The van der Waals surface area contributed by atoms with Gasteiger partial charge in [0.25, 0.3) is 11.8 Å². The highest BCUT2D eigenvalue weighted by atomic mass is 32.1. The summed E-state index contributed by atoms with van der Waals surface area (Å²) in [4.78, 5) is 38.3. The van der Waals surface area contributed by atoms with Crippen LogP contribution < -0.4 is 10.6 Å². The van der Waals surface area contributed by atoms with Crippen molar-refractivity contribution in [3.8, 4) is 6.07 Å². The molecule has 0 saturated carbocycles. The Morgan fingerprint density at radius 2 is 1.60 bits per heavy atom. The predicted octanol–water partition coefficient (Wildman–Crippen LogP) is 6.09. The summed E-state index contributed by atoms with van der Waals surface area (Å²) in [5, 5.41) is 15.3. The van der Waals surface area contributed by atoms with E-state index in [0.717, 1.165) is 10.1 Å². The van der Waals surface area contributed by atoms with Gasteiger partial charge in [0.2, 0.25) is 0 Å². The van der Waals surface area contributed by atoms with Crippen LogP contribution in [0.4, 0.5) is 11.4 Å². The van der Waals surface area contributed by atoms with Crippen LogP contribution >= 0.6 is 11.3 Å². The summed E-state index contributed by atoms with van der Waals surface area (Å²) in [6.07, 6.45) is 0. The molecule has 0 aliphatic carbocycles. The molecule has 0 unspecified atom stereocenters. The number of methoxy groups -OCH3 is 1. The number of ether oxygens (including phenoxy) is 1. The van der Waals surface area contributed by atoms with E-state index in [1.54, 1.807) is 30.3 Å². The first-order valence-electron chi connectivity index (χ1n) is 10.8. The van der Waals surface area contributed by atoms with E-state index in [4.69, 9.17) is 10.00 Å². The third-order valence-electron chi connectivity index (χ3n) is 4.86. The molecular formula is C27H23N3O4S. The summed E-state index contributed by atoms with van der Waals surface area (Å²) >= 11 is 1.33. The lowest BCUT2D eigenvalue weighted by atomic mass is 10.1. The van der Waals surface area contributed by atoms with E-state index < -0.39 is 17.8 Å². The fourth-order valence-electron chi connectivity index (χ4n) is 3.19. The molecule has 1 heterocycles. The molecule has 2 amide bonds. The van der Waals surface area contributed by atoms with Crippen LogP contribution in [-0.2, 0) is 4.74 Å². The van der Waals surface area contributed by atoms with Crippen LogP contribution in [0.2, 0.25) is 0 Å². The molecule has 0 radical (unpaired) electrons. The molecule has 0 atom stereocenters. The second kappa shape index (κ2) is 11.6. The fourth-order valence-corrected chi connectivity index (χ4v) is 4.14. The standard InChI is InChI=1S/C25H17N3O4S.C2H6/c1-32-25(31)19-11-8-17(23(29)27-18-9-6-15(14-26)7-10-18)12-20(19)28-24(30)22-13-16-4-2-3-5-21(16)33-22;1-2/h2-13H,1H3,(H,27,29)(H,28,30);1-2H3. The van der Waals surface area contributed by atoms with Gasteiger partial charge in [-0.25, -0.2) is 4.79 Å². The Balaban J connectivity index is 0.00000167. The van der Waals surface area contributed by atoms with Crippen molar-refractivity contribution in [3.63, 3.8) is 0 Å². The molecule has 176 valence electrons. The Morgan fingerprint density at radius 3 is 2.26 bits per heavy atom. The number of hydrogen-bond acceptors (Lipinski definition) is 6. The van der Waals surface area contributed by atoms with E-state index in [1.165, 1.54) is 36.6 Å². The first kappa shape index (κ1) is 25.1. The van der Waals surface area contributed by atoms with Crippen molar-refractivity contribution in [2.45, 2.75) is 13.8 Å². The van der Waals surface area contributed by atoms with Gasteiger partial charge in [-0.3, -0.25) is 9.59 Å². The smallest absolute Gasteiger partial charge is 0.339 e. The molecule has 8 heteroatoms. The summed E-state index contributed by atoms with van der Waals surface area (Å²) in [6, 6.07) is 22.1. The number of carbonyl (C=O) groups is 3. The molecule has 0 spiro atoms. The Kier molecular flexibility index (Phi) is 8.33. The zero-order chi connectivity index (χ0) is 25.4. The zero-order valence-electron chi connectivity index (χ0n) is 19.4. The molecule has 3 aromatic carbocycles. The Labute approximate surface area is 207 Å². The van der Waals surface area contributed by atoms with Crippen molar-refractivity contribution in [1.29, 1.82) is 5.26 Å². The molecule has 35 heavy (non-hydrogen) atoms. The molecule has 2 N–H and O–H groups in total. The number of nitriles is 1. The van der Waals surface area contributed by atoms with Gasteiger partial charge < -0.3 is 15.4 Å². The Bertz CT molecular complexity index is 1390. The second-order valence-corrected chi connectivity index (χ2v) is 8.08. The van der Waals surface area contributed by atoms with Crippen LogP contribution in [0.25, 0.3) is 10.1 Å². The summed E-state index contributed by atoms with van der Waals surface area (Å²) < 4.78 is 5.78. The molecular weight excluding hydrogens is 462 g/mol. The van der Waals surface area contributed by atoms with Gasteiger partial charge in [-0.15, -0.1) is 11.3 Å². The fraction of sp³-hybridized carbons (Fsp3) is 0.111. The maximum atomic E-state index is 12.9. The summed E-state index contributed by atoms with van der Waals surface area (Å²) in [6.45, 7) is 4.00. The van der Waals surface area contributed by atoms with Gasteiger partial charge in [0, 0.05) is 16.0 Å². The monoisotopic (exact) mass is 485 g/mol. The van der Waals surface area contributed by atoms with Gasteiger partial charge in [0.05, 0.1) is 34.9 Å². The number of esters is 1. The van der Waals surface area contributed by atoms with Gasteiger partial charge in [-0.2, -0.15) is 5.26 Å². The zero-order valence-corrected chi connectivity index (χ0v) is 20.2. The Hall–Kier alpha value is -4.48. The molecule has 0 saturated heterocycles. The van der Waals surface area contributed by atoms with Crippen LogP contribution in [0.3, 0.4) is 0 Å². The van der Waals surface area contributed by atoms with Crippen molar-refractivity contribution in [2.24, 2.45) is 0 Å². The van der Waals surface area contributed by atoms with Crippen LogP contribution in [0.1, 0.15) is 49.8 Å². The lowest BCUT2D eigenvalue weighted by Gasteiger charge is -2.12. The predicted molar refractivity (Wildman–Crippen MR) is 138 cm³/mol. The number of fused-ring (bicyclic) bond motifs is 1. The minimum atomic E-state index is -0.638. The van der Waals surface area contributed by atoms with Gasteiger partial charge in [0.15, 0.2) is 0 Å². The molecule has 4 rings (SSSR count). The van der Waals surface area contributed by atoms with E-state index in [1.807, 2.05) is 44.2 Å². The van der Waals surface area contributed by atoms with Gasteiger partial charge >= 0.3 is 5.97 Å². The first-order chi connectivity index (χ1) is 17.0. The number of carbonyl (C=O) groups excluding carboxylic acids is 3. The van der Waals surface area contributed by atoms with E-state index in [0.29, 0.717) is 16.1 Å². The number of nitrogens with zero attached hydrogens (tertiary/aromatic N) is 1. The molecule has 0 fully saturated rings. The number of benzene rings is 3. The minimum absolute atomic E-state index is 0.127. The number of hydrogen-bond donors (Lipinski definition) is 2. The van der Waals surface area contributed by atoms with Crippen LogP contribution in [0.15, 0.2) is 72.8 Å². The van der Waals surface area contributed by atoms with Crippen molar-refractivity contribution in [1.82, 2.24) is 0 Å². The van der Waals surface area contributed by atoms with Crippen molar-refractivity contribution in [2.75, 3.05) is 17.7 Å². The normalized spacial score (nSPS) is 9.89. The minimum Gasteiger partial charge on any atom is -0.465 e. The maximum Gasteiger partial charge on any atom is 0.339 e. The highest BCUT2D eigenvalue weighted by molar-refractivity contribution is 7.20. The lowest BCUT2D eigenvalue weighted by Crippen LogP contribution is -2.17. The van der Waals surface area contributed by atoms with Gasteiger partial charge in [-0.05, 0) is 60.0 Å². The van der Waals surface area contributed by atoms with Crippen LogP contribution in [0, 0.1) is 11.3 Å². The molecule has 0 aliphatic rings. The largest absolute Gasteiger partial charge is 0.465 e. The summed E-state index contributed by atoms with van der Waals surface area (Å²) in [5.41, 5.74) is 1.51. The highest BCUT2D eigenvalue weighted by Crippen LogP contribution is 2.27. The number of anilines is 2. The number of amides is 2. The topological polar surface area (TPSA) is 108 Å². The number of thiophene rings is 1. The third kappa shape index (κ3) is 5.91. The van der Waals surface area contributed by atoms with E-state index in [2.05, 4.69) is 10.6 Å². The van der Waals surface area contributed by atoms with Crippen LogP contribution in [0.5, 0.6) is 0 Å². The quantitative estimate of drug-likeness (QED) is 0.333. The van der Waals surface area contributed by atoms with Crippen molar-refractivity contribution >= 4 is 50.6 Å². The lowest BCUT2D eigenvalue weighted by molar-refractivity contribution is 0.0601. The Morgan fingerprint density at radius 1 is 0.886 bits per heavy atom. The van der Waals surface area contributed by atoms with Crippen LogP contribution in [-0.4, -0.2) is 24.9 Å². The van der Waals surface area contributed by atoms with E-state index in [9.17, 15) is 14.4 Å². The molecule has 0 aliphatic heterocycles. The molecule has 1 aromatic heterocycles. The van der Waals surface area contributed by atoms with Gasteiger partial charge in [-0.1, -0.05) is 32.0 Å². The summed E-state index contributed by atoms with van der Waals surface area (Å²) in [5.74, 6) is -1.47. The molecule has 4 aromatic rings. The maximum absolute atomic E-state index is 12.9. The highest BCUT2D eigenvalue weighted by Gasteiger charge is 2.19. The van der Waals surface area contributed by atoms with Gasteiger partial charge in [0.1, 0.15) is 0 Å². The molecule has 7 nitrogen and oxygen atoms in total. The van der Waals surface area contributed by atoms with Crippen molar-refractivity contribution < 1.29 is 19.1 Å². The third-order valence-corrected chi connectivity index (χ3v) is 5.97. The van der Waals surface area contributed by atoms with Crippen molar-refractivity contribution in [3.05, 3.63) is 94.4 Å². The first-order valence-corrected chi connectivity index (χ1v) is 11.6. The van der Waals surface area contributed by atoms with E-state index in [-0.39, 0.29) is 16.8 Å². The number of nitrogens with one attached hydrogen (secondary N) is 2. The molecule has 0 bridgehead atoms. The number of rotatable bonds is 5. The SMILES string of the molecule is CC.COC(=O)c1ccc(C(=O)Nc2ccc(C#N)cc2)cc1NC(=O)c1cc2ccccc2s1.